The van der Waals surface area contributed by atoms with Crippen molar-refractivity contribution in [2.75, 3.05) is 0 Å². The summed E-state index contributed by atoms with van der Waals surface area (Å²) in [5.41, 5.74) is 1.96. The maximum absolute atomic E-state index is 12.9. The molecule has 0 radical (unpaired) electrons. The Kier molecular flexibility index (Phi) is 4.47. The van der Waals surface area contributed by atoms with Crippen LogP contribution < -0.4 is 5.32 Å². The lowest BCUT2D eigenvalue weighted by atomic mass is 10.1. The molecule has 2 rings (SSSR count). The quantitative estimate of drug-likeness (QED) is 0.882. The highest BCUT2D eigenvalue weighted by atomic mass is 32.1. The van der Waals surface area contributed by atoms with Crippen molar-refractivity contribution in [3.05, 3.63) is 58.0 Å². The number of carbonyl (C=O) groups excluding carboxylic acids is 1. The zero-order chi connectivity index (χ0) is 12.8. The van der Waals surface area contributed by atoms with Gasteiger partial charge in [0.2, 0.25) is 5.91 Å². The molecule has 94 valence electrons. The van der Waals surface area contributed by atoms with Gasteiger partial charge in [0.05, 0.1) is 0 Å². The second-order valence-electron chi connectivity index (χ2n) is 4.04. The van der Waals surface area contributed by atoms with E-state index in [1.807, 2.05) is 22.9 Å². The van der Waals surface area contributed by atoms with Crippen LogP contribution in [-0.4, -0.2) is 5.91 Å². The van der Waals surface area contributed by atoms with Crippen LogP contribution in [0.2, 0.25) is 0 Å². The summed E-state index contributed by atoms with van der Waals surface area (Å²) < 4.78 is 12.9. The molecule has 0 saturated carbocycles. The molecule has 1 amide bonds. The summed E-state index contributed by atoms with van der Waals surface area (Å²) in [6, 6.07) is 8.34. The number of rotatable bonds is 5. The number of amides is 1. The Balaban J connectivity index is 1.75. The number of carbonyl (C=O) groups is 1. The van der Waals surface area contributed by atoms with Gasteiger partial charge in [-0.05, 0) is 46.5 Å². The molecule has 18 heavy (non-hydrogen) atoms. The molecular formula is C14H14FNOS. The first kappa shape index (κ1) is 12.8. The maximum atomic E-state index is 12.9. The summed E-state index contributed by atoms with van der Waals surface area (Å²) in [4.78, 5) is 11.6. The average Bonchev–Trinajstić information content (AvgIpc) is 2.87. The molecule has 0 aliphatic carbocycles. The molecule has 2 aromatic rings. The van der Waals surface area contributed by atoms with Crippen LogP contribution in [0.3, 0.4) is 0 Å². The third-order valence-corrected chi connectivity index (χ3v) is 3.33. The number of benzene rings is 1. The highest BCUT2D eigenvalue weighted by molar-refractivity contribution is 7.07. The molecular weight excluding hydrogens is 249 g/mol. The van der Waals surface area contributed by atoms with Crippen molar-refractivity contribution in [2.24, 2.45) is 0 Å². The molecule has 0 aliphatic rings. The molecule has 0 unspecified atom stereocenters. The number of hydrogen-bond acceptors (Lipinski definition) is 2. The Morgan fingerprint density at radius 1 is 1.28 bits per heavy atom. The van der Waals surface area contributed by atoms with Crippen molar-refractivity contribution in [1.29, 1.82) is 0 Å². The van der Waals surface area contributed by atoms with Gasteiger partial charge in [-0.1, -0.05) is 12.1 Å². The van der Waals surface area contributed by atoms with E-state index in [1.165, 1.54) is 12.1 Å². The Hall–Kier alpha value is -1.68. The van der Waals surface area contributed by atoms with Crippen LogP contribution in [-0.2, 0) is 17.8 Å². The van der Waals surface area contributed by atoms with Crippen LogP contribution in [0.15, 0.2) is 41.1 Å². The number of thiophene rings is 1. The molecule has 1 heterocycles. The number of nitrogens with one attached hydrogen (secondary N) is 1. The van der Waals surface area contributed by atoms with E-state index in [0.29, 0.717) is 19.4 Å². The fourth-order valence-electron chi connectivity index (χ4n) is 1.63. The van der Waals surface area contributed by atoms with Crippen LogP contribution in [0.4, 0.5) is 4.39 Å². The Morgan fingerprint density at radius 3 is 2.89 bits per heavy atom. The van der Waals surface area contributed by atoms with Crippen molar-refractivity contribution in [3.8, 4) is 0 Å². The molecule has 0 bridgehead atoms. The number of hydrogen-bond donors (Lipinski definition) is 1. The minimum Gasteiger partial charge on any atom is -0.352 e. The van der Waals surface area contributed by atoms with Gasteiger partial charge >= 0.3 is 0 Å². The van der Waals surface area contributed by atoms with Crippen LogP contribution in [0.25, 0.3) is 0 Å². The molecule has 0 fully saturated rings. The fraction of sp³-hybridized carbons (Fsp3) is 0.214. The second-order valence-corrected chi connectivity index (χ2v) is 4.82. The molecule has 4 heteroatoms. The van der Waals surface area contributed by atoms with Gasteiger partial charge in [-0.3, -0.25) is 4.79 Å². The molecule has 1 aromatic carbocycles. The normalized spacial score (nSPS) is 10.3. The van der Waals surface area contributed by atoms with Gasteiger partial charge in [-0.25, -0.2) is 4.39 Å². The highest BCUT2D eigenvalue weighted by Gasteiger charge is 2.03. The van der Waals surface area contributed by atoms with Crippen LogP contribution in [0.5, 0.6) is 0 Å². The van der Waals surface area contributed by atoms with Crippen molar-refractivity contribution in [2.45, 2.75) is 19.4 Å². The van der Waals surface area contributed by atoms with E-state index in [4.69, 9.17) is 0 Å². The predicted molar refractivity (Wildman–Crippen MR) is 70.9 cm³/mol. The molecule has 1 aromatic heterocycles. The Labute approximate surface area is 109 Å². The standard InChI is InChI=1S/C14H14FNOS/c15-13-3-1-2-11(8-13)4-5-14(17)16-9-12-6-7-18-10-12/h1-3,6-8,10H,4-5,9H2,(H,16,17). The lowest BCUT2D eigenvalue weighted by molar-refractivity contribution is -0.121. The van der Waals surface area contributed by atoms with E-state index >= 15 is 0 Å². The SMILES string of the molecule is O=C(CCc1cccc(F)c1)NCc1ccsc1. The van der Waals surface area contributed by atoms with Crippen molar-refractivity contribution >= 4 is 17.2 Å². The first-order valence-electron chi connectivity index (χ1n) is 5.76. The van der Waals surface area contributed by atoms with Gasteiger partial charge in [0.15, 0.2) is 0 Å². The van der Waals surface area contributed by atoms with E-state index in [-0.39, 0.29) is 11.7 Å². The van der Waals surface area contributed by atoms with Gasteiger partial charge in [-0.15, -0.1) is 0 Å². The second kappa shape index (κ2) is 6.31. The molecule has 0 atom stereocenters. The predicted octanol–water partition coefficient (Wildman–Crippen LogP) is 3.14. The summed E-state index contributed by atoms with van der Waals surface area (Å²) in [5.74, 6) is -0.267. The summed E-state index contributed by atoms with van der Waals surface area (Å²) in [7, 11) is 0. The summed E-state index contributed by atoms with van der Waals surface area (Å²) in [6.07, 6.45) is 0.945. The maximum Gasteiger partial charge on any atom is 0.220 e. The summed E-state index contributed by atoms with van der Waals surface area (Å²) in [5, 5.41) is 6.83. The zero-order valence-corrected chi connectivity index (χ0v) is 10.7. The first-order valence-corrected chi connectivity index (χ1v) is 6.70. The van der Waals surface area contributed by atoms with Crippen molar-refractivity contribution < 1.29 is 9.18 Å². The lowest BCUT2D eigenvalue weighted by Gasteiger charge is -2.04. The Bertz CT molecular complexity index is 510. The largest absolute Gasteiger partial charge is 0.352 e. The van der Waals surface area contributed by atoms with Gasteiger partial charge < -0.3 is 5.32 Å². The fourth-order valence-corrected chi connectivity index (χ4v) is 2.30. The van der Waals surface area contributed by atoms with Crippen molar-refractivity contribution in [1.82, 2.24) is 5.32 Å². The third kappa shape index (κ3) is 3.96. The minimum atomic E-state index is -0.258. The average molecular weight is 263 g/mol. The molecule has 2 nitrogen and oxygen atoms in total. The highest BCUT2D eigenvalue weighted by Crippen LogP contribution is 2.07. The van der Waals surface area contributed by atoms with Crippen LogP contribution in [0.1, 0.15) is 17.5 Å². The van der Waals surface area contributed by atoms with Gasteiger partial charge in [0, 0.05) is 13.0 Å². The monoisotopic (exact) mass is 263 g/mol. The Morgan fingerprint density at radius 2 is 2.17 bits per heavy atom. The van der Waals surface area contributed by atoms with Crippen molar-refractivity contribution in [3.63, 3.8) is 0 Å². The molecule has 0 saturated heterocycles. The number of halogens is 1. The lowest BCUT2D eigenvalue weighted by Crippen LogP contribution is -2.22. The van der Waals surface area contributed by atoms with Crippen LogP contribution in [0, 0.1) is 5.82 Å². The van der Waals surface area contributed by atoms with Crippen LogP contribution >= 0.6 is 11.3 Å². The topological polar surface area (TPSA) is 29.1 Å². The number of aryl methyl sites for hydroxylation is 1. The van der Waals surface area contributed by atoms with E-state index in [0.717, 1.165) is 11.1 Å². The van der Waals surface area contributed by atoms with E-state index in [9.17, 15) is 9.18 Å². The van der Waals surface area contributed by atoms with E-state index in [1.54, 1.807) is 17.4 Å². The molecule has 1 N–H and O–H groups in total. The van der Waals surface area contributed by atoms with Gasteiger partial charge in [0.25, 0.3) is 0 Å². The summed E-state index contributed by atoms with van der Waals surface area (Å²) in [6.45, 7) is 0.561. The summed E-state index contributed by atoms with van der Waals surface area (Å²) >= 11 is 1.61. The zero-order valence-electron chi connectivity index (χ0n) is 9.86. The van der Waals surface area contributed by atoms with Gasteiger partial charge in [0.1, 0.15) is 5.82 Å². The third-order valence-electron chi connectivity index (χ3n) is 2.60. The minimum absolute atomic E-state index is 0.00883. The smallest absolute Gasteiger partial charge is 0.220 e. The van der Waals surface area contributed by atoms with Gasteiger partial charge in [-0.2, -0.15) is 11.3 Å². The van der Waals surface area contributed by atoms with E-state index < -0.39 is 0 Å². The first-order chi connectivity index (χ1) is 8.74. The molecule has 0 spiro atoms. The van der Waals surface area contributed by atoms with E-state index in [2.05, 4.69) is 5.32 Å². The molecule has 0 aliphatic heterocycles.